The molecule has 0 amide bonds. The van der Waals surface area contributed by atoms with Gasteiger partial charge in [-0.2, -0.15) is 0 Å². The molecule has 3 rings (SSSR count). The number of rotatable bonds is 4. The number of aromatic hydroxyl groups is 2. The standard InChI is InChI=1S/C22H28O2/c1-3-15-13-20(14-16(4-2)22(15)24)19-7-5-17(6-8-19)18-9-11-21(23)12-10-18/h9-14,17,19,23-24H,3-8H2,1-2H3. The number of hydrogen-bond acceptors (Lipinski definition) is 2. The van der Waals surface area contributed by atoms with Crippen LogP contribution in [0, 0.1) is 0 Å². The van der Waals surface area contributed by atoms with E-state index in [4.69, 9.17) is 0 Å². The van der Waals surface area contributed by atoms with E-state index in [2.05, 4.69) is 38.1 Å². The summed E-state index contributed by atoms with van der Waals surface area (Å²) in [5, 5.41) is 19.8. The van der Waals surface area contributed by atoms with Gasteiger partial charge in [-0.3, -0.25) is 0 Å². The summed E-state index contributed by atoms with van der Waals surface area (Å²) in [5.74, 6) is 2.06. The average molecular weight is 324 g/mol. The molecule has 0 aromatic heterocycles. The van der Waals surface area contributed by atoms with Crippen LogP contribution >= 0.6 is 0 Å². The molecule has 2 N–H and O–H groups in total. The lowest BCUT2D eigenvalue weighted by Crippen LogP contribution is -2.12. The summed E-state index contributed by atoms with van der Waals surface area (Å²) in [4.78, 5) is 0. The van der Waals surface area contributed by atoms with Gasteiger partial charge in [0.1, 0.15) is 11.5 Å². The molecule has 24 heavy (non-hydrogen) atoms. The van der Waals surface area contributed by atoms with Gasteiger partial charge in [-0.1, -0.05) is 38.1 Å². The molecule has 0 spiro atoms. The van der Waals surface area contributed by atoms with Gasteiger partial charge in [0.25, 0.3) is 0 Å². The highest BCUT2D eigenvalue weighted by atomic mass is 16.3. The van der Waals surface area contributed by atoms with Crippen molar-refractivity contribution in [3.8, 4) is 11.5 Å². The molecule has 2 nitrogen and oxygen atoms in total. The highest BCUT2D eigenvalue weighted by Crippen LogP contribution is 2.42. The summed E-state index contributed by atoms with van der Waals surface area (Å²) in [6.07, 6.45) is 6.55. The van der Waals surface area contributed by atoms with E-state index in [1.54, 1.807) is 12.1 Å². The van der Waals surface area contributed by atoms with E-state index < -0.39 is 0 Å². The third-order valence-corrected chi connectivity index (χ3v) is 5.62. The second-order valence-corrected chi connectivity index (χ2v) is 7.03. The first kappa shape index (κ1) is 16.9. The number of aryl methyl sites for hydroxylation is 2. The van der Waals surface area contributed by atoms with E-state index in [1.165, 1.54) is 36.8 Å². The van der Waals surface area contributed by atoms with Gasteiger partial charge in [0.05, 0.1) is 0 Å². The van der Waals surface area contributed by atoms with E-state index >= 15 is 0 Å². The van der Waals surface area contributed by atoms with Crippen molar-refractivity contribution in [3.63, 3.8) is 0 Å². The smallest absolute Gasteiger partial charge is 0.121 e. The largest absolute Gasteiger partial charge is 0.508 e. The van der Waals surface area contributed by atoms with Crippen LogP contribution in [0.25, 0.3) is 0 Å². The van der Waals surface area contributed by atoms with Crippen LogP contribution < -0.4 is 0 Å². The van der Waals surface area contributed by atoms with Gasteiger partial charge < -0.3 is 10.2 Å². The molecule has 0 heterocycles. The normalized spacial score (nSPS) is 20.9. The fourth-order valence-electron chi connectivity index (χ4n) is 4.07. The maximum absolute atomic E-state index is 10.3. The zero-order valence-electron chi connectivity index (χ0n) is 14.8. The fourth-order valence-corrected chi connectivity index (χ4v) is 4.07. The molecular weight excluding hydrogens is 296 g/mol. The Kier molecular flexibility index (Phi) is 5.13. The van der Waals surface area contributed by atoms with Crippen LogP contribution in [-0.4, -0.2) is 10.2 Å². The van der Waals surface area contributed by atoms with Gasteiger partial charge in [-0.15, -0.1) is 0 Å². The lowest BCUT2D eigenvalue weighted by atomic mass is 9.75. The van der Waals surface area contributed by atoms with Crippen molar-refractivity contribution < 1.29 is 10.2 Å². The van der Waals surface area contributed by atoms with Crippen LogP contribution in [0.3, 0.4) is 0 Å². The van der Waals surface area contributed by atoms with Crippen molar-refractivity contribution in [1.82, 2.24) is 0 Å². The van der Waals surface area contributed by atoms with E-state index in [0.29, 0.717) is 23.3 Å². The molecule has 0 radical (unpaired) electrons. The zero-order chi connectivity index (χ0) is 17.1. The average Bonchev–Trinajstić information content (AvgIpc) is 2.63. The Labute approximate surface area is 145 Å². The zero-order valence-corrected chi connectivity index (χ0v) is 14.8. The first-order chi connectivity index (χ1) is 11.6. The predicted octanol–water partition coefficient (Wildman–Crippen LogP) is 5.66. The highest BCUT2D eigenvalue weighted by Gasteiger charge is 2.24. The molecule has 0 aliphatic heterocycles. The topological polar surface area (TPSA) is 40.5 Å². The monoisotopic (exact) mass is 324 g/mol. The predicted molar refractivity (Wildman–Crippen MR) is 98.9 cm³/mol. The van der Waals surface area contributed by atoms with Crippen molar-refractivity contribution in [2.45, 2.75) is 64.2 Å². The number of phenols is 2. The number of hydrogen-bond donors (Lipinski definition) is 2. The second-order valence-electron chi connectivity index (χ2n) is 7.03. The van der Waals surface area contributed by atoms with Gasteiger partial charge in [-0.25, -0.2) is 0 Å². The van der Waals surface area contributed by atoms with Gasteiger partial charge in [0, 0.05) is 0 Å². The van der Waals surface area contributed by atoms with Crippen LogP contribution in [0.2, 0.25) is 0 Å². The molecule has 2 aromatic rings. The van der Waals surface area contributed by atoms with Gasteiger partial charge in [0.2, 0.25) is 0 Å². The minimum Gasteiger partial charge on any atom is -0.508 e. The minimum atomic E-state index is 0.343. The molecule has 0 unspecified atom stereocenters. The Hall–Kier alpha value is -1.96. The summed E-state index contributed by atoms with van der Waals surface area (Å²) in [7, 11) is 0. The molecule has 0 atom stereocenters. The van der Waals surface area contributed by atoms with Crippen LogP contribution in [0.15, 0.2) is 36.4 Å². The molecule has 0 saturated heterocycles. The highest BCUT2D eigenvalue weighted by molar-refractivity contribution is 5.45. The third kappa shape index (κ3) is 3.43. The molecule has 1 aliphatic rings. The van der Waals surface area contributed by atoms with Gasteiger partial charge in [0.15, 0.2) is 0 Å². The summed E-state index contributed by atoms with van der Waals surface area (Å²) >= 11 is 0. The van der Waals surface area contributed by atoms with Gasteiger partial charge >= 0.3 is 0 Å². The van der Waals surface area contributed by atoms with E-state index in [9.17, 15) is 10.2 Å². The maximum atomic E-state index is 10.3. The van der Waals surface area contributed by atoms with Crippen LogP contribution in [0.4, 0.5) is 0 Å². The van der Waals surface area contributed by atoms with Crippen LogP contribution in [0.5, 0.6) is 11.5 Å². The Morgan fingerprint density at radius 2 is 1.21 bits per heavy atom. The molecule has 2 heteroatoms. The number of benzene rings is 2. The SMILES string of the molecule is CCc1cc(C2CCC(c3ccc(O)cc3)CC2)cc(CC)c1O. The Balaban J connectivity index is 1.73. The van der Waals surface area contributed by atoms with E-state index in [-0.39, 0.29) is 0 Å². The van der Waals surface area contributed by atoms with Gasteiger partial charge in [-0.05, 0) is 84.7 Å². The van der Waals surface area contributed by atoms with Crippen molar-refractivity contribution in [3.05, 3.63) is 58.7 Å². The Morgan fingerprint density at radius 1 is 0.750 bits per heavy atom. The molecule has 128 valence electrons. The quantitative estimate of drug-likeness (QED) is 0.761. The third-order valence-electron chi connectivity index (χ3n) is 5.62. The van der Waals surface area contributed by atoms with Crippen molar-refractivity contribution in [2.75, 3.05) is 0 Å². The molecule has 2 aromatic carbocycles. The first-order valence-corrected chi connectivity index (χ1v) is 9.25. The Morgan fingerprint density at radius 3 is 1.67 bits per heavy atom. The Bertz CT molecular complexity index is 655. The molecule has 1 aliphatic carbocycles. The minimum absolute atomic E-state index is 0.343. The lowest BCUT2D eigenvalue weighted by molar-refractivity contribution is 0.394. The van der Waals surface area contributed by atoms with Crippen molar-refractivity contribution >= 4 is 0 Å². The molecule has 1 fully saturated rings. The maximum Gasteiger partial charge on any atom is 0.121 e. The molecule has 0 bridgehead atoms. The van der Waals surface area contributed by atoms with Crippen LogP contribution in [-0.2, 0) is 12.8 Å². The van der Waals surface area contributed by atoms with Crippen molar-refractivity contribution in [1.29, 1.82) is 0 Å². The molecular formula is C22H28O2. The first-order valence-electron chi connectivity index (χ1n) is 9.25. The fraction of sp³-hybridized carbons (Fsp3) is 0.455. The second kappa shape index (κ2) is 7.29. The number of phenolic OH excluding ortho intramolecular Hbond substituents is 2. The lowest BCUT2D eigenvalue weighted by Gasteiger charge is -2.30. The summed E-state index contributed by atoms with van der Waals surface area (Å²) in [6.45, 7) is 4.22. The van der Waals surface area contributed by atoms with Crippen molar-refractivity contribution in [2.24, 2.45) is 0 Å². The summed E-state index contributed by atoms with van der Waals surface area (Å²) < 4.78 is 0. The van der Waals surface area contributed by atoms with E-state index in [0.717, 1.165) is 24.0 Å². The van der Waals surface area contributed by atoms with Crippen LogP contribution in [0.1, 0.15) is 73.6 Å². The summed E-state index contributed by atoms with van der Waals surface area (Å²) in [5.41, 5.74) is 4.93. The summed E-state index contributed by atoms with van der Waals surface area (Å²) in [6, 6.07) is 12.2. The molecule has 1 saturated carbocycles. The van der Waals surface area contributed by atoms with E-state index in [1.807, 2.05) is 0 Å².